The third kappa shape index (κ3) is 3.87. The van der Waals surface area contributed by atoms with Crippen LogP contribution < -0.4 is 0 Å². The van der Waals surface area contributed by atoms with E-state index in [1.807, 2.05) is 54.9 Å². The lowest BCUT2D eigenvalue weighted by molar-refractivity contribution is 0.0700. The fourth-order valence-electron chi connectivity index (χ4n) is 3.93. The van der Waals surface area contributed by atoms with Gasteiger partial charge in [0, 0.05) is 38.4 Å². The molecule has 5 heteroatoms. The molecule has 0 bridgehead atoms. The molecule has 1 aliphatic rings. The van der Waals surface area contributed by atoms with E-state index in [-0.39, 0.29) is 23.5 Å². The monoisotopic (exact) mass is 369 g/mol. The number of aromatic hydroxyl groups is 1. The molecule has 0 unspecified atom stereocenters. The molecule has 1 N–H and O–H groups in total. The molecule has 1 saturated heterocycles. The van der Waals surface area contributed by atoms with Crippen LogP contribution in [0.15, 0.2) is 24.5 Å². The average Bonchev–Trinajstić information content (AvgIpc) is 3.07. The van der Waals surface area contributed by atoms with Crippen LogP contribution in [0.1, 0.15) is 85.6 Å². The zero-order chi connectivity index (χ0) is 19.7. The second-order valence-electron chi connectivity index (χ2n) is 8.30. The molecule has 0 saturated carbocycles. The van der Waals surface area contributed by atoms with E-state index in [0.717, 1.165) is 36.3 Å². The lowest BCUT2D eigenvalue weighted by atomic mass is 9.90. The van der Waals surface area contributed by atoms with Gasteiger partial charge in [0.15, 0.2) is 0 Å². The summed E-state index contributed by atoms with van der Waals surface area (Å²) in [5, 5.41) is 10.8. The molecule has 27 heavy (non-hydrogen) atoms. The summed E-state index contributed by atoms with van der Waals surface area (Å²) in [4.78, 5) is 19.7. The fourth-order valence-corrected chi connectivity index (χ4v) is 3.93. The maximum absolute atomic E-state index is 13.3. The van der Waals surface area contributed by atoms with E-state index < -0.39 is 0 Å². The number of rotatable bonds is 4. The van der Waals surface area contributed by atoms with Gasteiger partial charge in [0.2, 0.25) is 0 Å². The Kier molecular flexibility index (Phi) is 5.59. The first-order valence-corrected chi connectivity index (χ1v) is 9.92. The van der Waals surface area contributed by atoms with Gasteiger partial charge in [-0.15, -0.1) is 0 Å². The van der Waals surface area contributed by atoms with Crippen LogP contribution in [0.25, 0.3) is 0 Å². The van der Waals surface area contributed by atoms with Gasteiger partial charge in [0.1, 0.15) is 11.6 Å². The van der Waals surface area contributed by atoms with E-state index in [2.05, 4.69) is 18.8 Å². The third-order valence-electron chi connectivity index (χ3n) is 5.61. The number of amides is 1. The van der Waals surface area contributed by atoms with Crippen LogP contribution in [-0.2, 0) is 7.05 Å². The number of nitrogens with zero attached hydrogens (tertiary/aromatic N) is 3. The highest BCUT2D eigenvalue weighted by Gasteiger charge is 2.30. The molecular formula is C22H31N3O2. The van der Waals surface area contributed by atoms with Crippen LogP contribution in [0, 0.1) is 0 Å². The molecule has 1 fully saturated rings. The lowest BCUT2D eigenvalue weighted by Crippen LogP contribution is -2.39. The van der Waals surface area contributed by atoms with Crippen LogP contribution in [0.5, 0.6) is 5.75 Å². The molecule has 1 aromatic heterocycles. The van der Waals surface area contributed by atoms with Crippen molar-refractivity contribution in [3.8, 4) is 5.75 Å². The Labute approximate surface area is 162 Å². The number of aryl methyl sites for hydroxylation is 1. The maximum atomic E-state index is 13.3. The van der Waals surface area contributed by atoms with E-state index in [0.29, 0.717) is 18.0 Å². The molecule has 1 amide bonds. The summed E-state index contributed by atoms with van der Waals surface area (Å²) in [5.41, 5.74) is 2.38. The Morgan fingerprint density at radius 1 is 1.22 bits per heavy atom. The Morgan fingerprint density at radius 2 is 1.96 bits per heavy atom. The highest BCUT2D eigenvalue weighted by molar-refractivity contribution is 5.97. The highest BCUT2D eigenvalue weighted by Crippen LogP contribution is 2.35. The number of piperidine rings is 1. The summed E-state index contributed by atoms with van der Waals surface area (Å²) in [5.74, 6) is 1.79. The van der Waals surface area contributed by atoms with Crippen LogP contribution in [0.4, 0.5) is 0 Å². The second-order valence-corrected chi connectivity index (χ2v) is 8.30. The van der Waals surface area contributed by atoms with E-state index in [4.69, 9.17) is 0 Å². The minimum atomic E-state index is -0.0733. The number of hydrogen-bond donors (Lipinski definition) is 1. The first kappa shape index (κ1) is 19.5. The third-order valence-corrected chi connectivity index (χ3v) is 5.61. The molecule has 1 aromatic carbocycles. The van der Waals surface area contributed by atoms with Crippen LogP contribution >= 0.6 is 0 Å². The van der Waals surface area contributed by atoms with Gasteiger partial charge < -0.3 is 14.6 Å². The molecule has 3 rings (SSSR count). The molecule has 1 atom stereocenters. The summed E-state index contributed by atoms with van der Waals surface area (Å²) >= 11 is 0. The minimum Gasteiger partial charge on any atom is -0.507 e. The Bertz CT molecular complexity index is 823. The van der Waals surface area contributed by atoms with Crippen molar-refractivity contribution in [3.63, 3.8) is 0 Å². The fraction of sp³-hybridized carbons (Fsp3) is 0.545. The van der Waals surface area contributed by atoms with E-state index in [1.54, 1.807) is 0 Å². The van der Waals surface area contributed by atoms with Gasteiger partial charge in [-0.1, -0.05) is 33.8 Å². The van der Waals surface area contributed by atoms with Crippen LogP contribution in [0.2, 0.25) is 0 Å². The molecule has 146 valence electrons. The lowest BCUT2D eigenvalue weighted by Gasteiger charge is -2.33. The molecule has 0 spiro atoms. The summed E-state index contributed by atoms with van der Waals surface area (Å²) in [6.07, 6.45) is 5.74. The van der Waals surface area contributed by atoms with Crippen molar-refractivity contribution < 1.29 is 9.90 Å². The summed E-state index contributed by atoms with van der Waals surface area (Å²) in [7, 11) is 2.00. The largest absolute Gasteiger partial charge is 0.507 e. The van der Waals surface area contributed by atoms with Crippen molar-refractivity contribution in [2.24, 2.45) is 7.05 Å². The van der Waals surface area contributed by atoms with Gasteiger partial charge in [-0.25, -0.2) is 4.98 Å². The first-order chi connectivity index (χ1) is 12.8. The summed E-state index contributed by atoms with van der Waals surface area (Å²) in [6, 6.07) is 3.91. The molecule has 5 nitrogen and oxygen atoms in total. The molecule has 0 aliphatic carbocycles. The number of likely N-dealkylation sites (tertiary alicyclic amines) is 1. The topological polar surface area (TPSA) is 58.4 Å². The molecule has 0 radical (unpaired) electrons. The summed E-state index contributed by atoms with van der Waals surface area (Å²) in [6.45, 7) is 9.69. The van der Waals surface area contributed by atoms with Gasteiger partial charge in [0.25, 0.3) is 5.91 Å². The van der Waals surface area contributed by atoms with Crippen molar-refractivity contribution in [2.45, 2.75) is 58.3 Å². The minimum absolute atomic E-state index is 0.0733. The molecule has 2 heterocycles. The normalized spacial score (nSPS) is 17.7. The van der Waals surface area contributed by atoms with E-state index >= 15 is 0 Å². The number of aromatic nitrogens is 2. The smallest absolute Gasteiger partial charge is 0.257 e. The van der Waals surface area contributed by atoms with Gasteiger partial charge in [0.05, 0.1) is 5.56 Å². The van der Waals surface area contributed by atoms with Gasteiger partial charge >= 0.3 is 0 Å². The zero-order valence-corrected chi connectivity index (χ0v) is 17.1. The number of phenols is 1. The quantitative estimate of drug-likeness (QED) is 0.869. The Morgan fingerprint density at radius 3 is 2.56 bits per heavy atom. The number of carbonyl (C=O) groups excluding carboxylic acids is 1. The van der Waals surface area contributed by atoms with Crippen molar-refractivity contribution in [1.82, 2.24) is 14.5 Å². The number of carbonyl (C=O) groups is 1. The van der Waals surface area contributed by atoms with E-state index in [9.17, 15) is 9.90 Å². The Balaban J connectivity index is 1.92. The number of imidazole rings is 1. The zero-order valence-electron chi connectivity index (χ0n) is 17.1. The predicted molar refractivity (Wildman–Crippen MR) is 107 cm³/mol. The number of phenolic OH excluding ortho intramolecular Hbond substituents is 1. The number of hydrogen-bond acceptors (Lipinski definition) is 3. The highest BCUT2D eigenvalue weighted by atomic mass is 16.3. The van der Waals surface area contributed by atoms with Crippen molar-refractivity contribution in [2.75, 3.05) is 13.1 Å². The van der Waals surface area contributed by atoms with Crippen molar-refractivity contribution >= 4 is 5.91 Å². The maximum Gasteiger partial charge on any atom is 0.257 e. The standard InChI is InChI=1S/C22H31N3O2/c1-14(2)17-11-18(15(3)4)20(26)19(12-17)22(27)25-9-6-7-16(13-25)21-23-8-10-24(21)5/h8,10-12,14-16,26H,6-7,9,13H2,1-5H3/t16-/m1/s1. The second kappa shape index (κ2) is 7.75. The van der Waals surface area contributed by atoms with Crippen LogP contribution in [-0.4, -0.2) is 38.6 Å². The molecular weight excluding hydrogens is 338 g/mol. The first-order valence-electron chi connectivity index (χ1n) is 9.92. The van der Waals surface area contributed by atoms with Crippen LogP contribution in [0.3, 0.4) is 0 Å². The van der Waals surface area contributed by atoms with Gasteiger partial charge in [-0.3, -0.25) is 4.79 Å². The van der Waals surface area contributed by atoms with E-state index in [1.165, 1.54) is 0 Å². The van der Waals surface area contributed by atoms with Crippen molar-refractivity contribution in [1.29, 1.82) is 0 Å². The average molecular weight is 370 g/mol. The SMILES string of the molecule is CC(C)c1cc(C(=O)N2CCC[C@@H](c3nccn3C)C2)c(O)c(C(C)C)c1. The number of benzene rings is 1. The van der Waals surface area contributed by atoms with Gasteiger partial charge in [-0.2, -0.15) is 0 Å². The Hall–Kier alpha value is -2.30. The molecule has 1 aliphatic heterocycles. The van der Waals surface area contributed by atoms with Crippen molar-refractivity contribution in [3.05, 3.63) is 47.0 Å². The predicted octanol–water partition coefficient (Wildman–Crippen LogP) is 4.39. The van der Waals surface area contributed by atoms with Gasteiger partial charge in [-0.05, 0) is 41.9 Å². The molecule has 2 aromatic rings. The summed E-state index contributed by atoms with van der Waals surface area (Å²) < 4.78 is 2.03.